The Morgan fingerprint density at radius 3 is 2.83 bits per heavy atom. The average molecular weight is 166 g/mol. The number of nitrogens with zero attached hydrogens (tertiary/aromatic N) is 2. The molecule has 1 aliphatic heterocycles. The molecule has 2 heterocycles. The van der Waals surface area contributed by atoms with Crippen LogP contribution < -0.4 is 0 Å². The lowest BCUT2D eigenvalue weighted by molar-refractivity contribution is 0.279. The van der Waals surface area contributed by atoms with E-state index < -0.39 is 0 Å². The molecule has 64 valence electrons. The molecule has 0 saturated carbocycles. The molecule has 0 spiro atoms. The fourth-order valence-corrected chi connectivity index (χ4v) is 1.04. The van der Waals surface area contributed by atoms with E-state index >= 15 is 0 Å². The molecule has 0 aliphatic carbocycles. The predicted molar refractivity (Wildman–Crippen MR) is 43.1 cm³/mol. The van der Waals surface area contributed by atoms with Crippen LogP contribution in [0, 0.1) is 0 Å². The Hall–Kier alpha value is -1.32. The Balaban J connectivity index is 2.28. The first-order valence-corrected chi connectivity index (χ1v) is 3.80. The van der Waals surface area contributed by atoms with Gasteiger partial charge in [0.05, 0.1) is 17.3 Å². The van der Waals surface area contributed by atoms with Gasteiger partial charge in [0.15, 0.2) is 0 Å². The summed E-state index contributed by atoms with van der Waals surface area (Å²) in [4.78, 5) is 4.36. The first-order valence-electron chi connectivity index (χ1n) is 3.80. The van der Waals surface area contributed by atoms with Crippen LogP contribution in [0.25, 0.3) is 0 Å². The van der Waals surface area contributed by atoms with Crippen LogP contribution in [0.3, 0.4) is 0 Å². The van der Waals surface area contributed by atoms with E-state index in [-0.39, 0.29) is 5.54 Å². The monoisotopic (exact) mass is 166 g/mol. The summed E-state index contributed by atoms with van der Waals surface area (Å²) < 4.78 is 10.0. The SMILES string of the molecule is CC1(C)COC(c2cnoc2)=N1. The molecule has 1 aromatic heterocycles. The van der Waals surface area contributed by atoms with Crippen LogP contribution in [-0.4, -0.2) is 23.2 Å². The third-order valence-corrected chi connectivity index (χ3v) is 1.65. The minimum absolute atomic E-state index is 0.118. The van der Waals surface area contributed by atoms with Crippen molar-refractivity contribution in [2.45, 2.75) is 19.4 Å². The number of ether oxygens (including phenoxy) is 1. The maximum absolute atomic E-state index is 5.36. The highest BCUT2D eigenvalue weighted by atomic mass is 16.5. The highest BCUT2D eigenvalue weighted by Gasteiger charge is 2.27. The second-order valence-electron chi connectivity index (χ2n) is 3.43. The summed E-state index contributed by atoms with van der Waals surface area (Å²) in [6, 6.07) is 0. The van der Waals surface area contributed by atoms with Crippen LogP contribution in [0.15, 0.2) is 22.0 Å². The van der Waals surface area contributed by atoms with Crippen LogP contribution in [0.2, 0.25) is 0 Å². The van der Waals surface area contributed by atoms with Crippen LogP contribution >= 0.6 is 0 Å². The lowest BCUT2D eigenvalue weighted by Crippen LogP contribution is -2.17. The van der Waals surface area contributed by atoms with Gasteiger partial charge >= 0.3 is 0 Å². The van der Waals surface area contributed by atoms with Gasteiger partial charge in [-0.25, -0.2) is 4.99 Å². The standard InChI is InChI=1S/C8H10N2O2/c1-8(2)5-11-7(10-8)6-3-9-12-4-6/h3-4H,5H2,1-2H3. The number of hydrogen-bond acceptors (Lipinski definition) is 4. The van der Waals surface area contributed by atoms with Gasteiger partial charge in [-0.3, -0.25) is 0 Å². The van der Waals surface area contributed by atoms with Crippen molar-refractivity contribution >= 4 is 5.90 Å². The zero-order valence-electron chi connectivity index (χ0n) is 7.07. The van der Waals surface area contributed by atoms with Gasteiger partial charge in [-0.05, 0) is 13.8 Å². The molecule has 0 radical (unpaired) electrons. The molecule has 4 nitrogen and oxygen atoms in total. The van der Waals surface area contributed by atoms with Gasteiger partial charge in [0.25, 0.3) is 0 Å². The highest BCUT2D eigenvalue weighted by molar-refractivity contribution is 5.94. The zero-order chi connectivity index (χ0) is 8.60. The molecule has 1 aromatic rings. The lowest BCUT2D eigenvalue weighted by atomic mass is 10.1. The molecule has 0 bridgehead atoms. The predicted octanol–water partition coefficient (Wildman–Crippen LogP) is 1.23. The topological polar surface area (TPSA) is 47.6 Å². The summed E-state index contributed by atoms with van der Waals surface area (Å²) in [6.07, 6.45) is 3.13. The molecule has 0 fully saturated rings. The Bertz CT molecular complexity index is 301. The summed E-state index contributed by atoms with van der Waals surface area (Å²) in [7, 11) is 0. The molecule has 12 heavy (non-hydrogen) atoms. The van der Waals surface area contributed by atoms with E-state index in [4.69, 9.17) is 4.74 Å². The molecular formula is C8H10N2O2. The van der Waals surface area contributed by atoms with E-state index in [2.05, 4.69) is 14.7 Å². The Morgan fingerprint density at radius 2 is 2.33 bits per heavy atom. The first kappa shape index (κ1) is 7.34. The smallest absolute Gasteiger partial charge is 0.221 e. The van der Waals surface area contributed by atoms with Crippen molar-refractivity contribution in [2.24, 2.45) is 4.99 Å². The van der Waals surface area contributed by atoms with Gasteiger partial charge in [0, 0.05) is 0 Å². The minimum atomic E-state index is -0.118. The normalized spacial score (nSPS) is 20.3. The maximum Gasteiger partial charge on any atom is 0.221 e. The Kier molecular flexibility index (Phi) is 1.43. The quantitative estimate of drug-likeness (QED) is 0.630. The Morgan fingerprint density at radius 1 is 1.50 bits per heavy atom. The van der Waals surface area contributed by atoms with Crippen LogP contribution in [0.5, 0.6) is 0 Å². The summed E-state index contributed by atoms with van der Waals surface area (Å²) in [5, 5.41) is 3.58. The van der Waals surface area contributed by atoms with Crippen molar-refractivity contribution < 1.29 is 9.26 Å². The van der Waals surface area contributed by atoms with E-state index in [0.29, 0.717) is 12.5 Å². The van der Waals surface area contributed by atoms with E-state index in [1.165, 1.54) is 6.26 Å². The molecule has 1 aliphatic rings. The summed E-state index contributed by atoms with van der Waals surface area (Å²) >= 11 is 0. The van der Waals surface area contributed by atoms with Crippen molar-refractivity contribution in [3.8, 4) is 0 Å². The van der Waals surface area contributed by atoms with Gasteiger partial charge in [0.1, 0.15) is 12.9 Å². The van der Waals surface area contributed by atoms with Crippen molar-refractivity contribution in [3.05, 3.63) is 18.0 Å². The molecule has 2 rings (SSSR count). The number of hydrogen-bond donors (Lipinski definition) is 0. The Labute approximate surface area is 70.2 Å². The minimum Gasteiger partial charge on any atom is -0.475 e. The third kappa shape index (κ3) is 1.20. The van der Waals surface area contributed by atoms with Crippen molar-refractivity contribution in [3.63, 3.8) is 0 Å². The maximum atomic E-state index is 5.36. The van der Waals surface area contributed by atoms with E-state index in [9.17, 15) is 0 Å². The van der Waals surface area contributed by atoms with E-state index in [0.717, 1.165) is 5.56 Å². The van der Waals surface area contributed by atoms with Crippen molar-refractivity contribution in [1.29, 1.82) is 0 Å². The van der Waals surface area contributed by atoms with Crippen LogP contribution in [-0.2, 0) is 4.74 Å². The largest absolute Gasteiger partial charge is 0.475 e. The van der Waals surface area contributed by atoms with Crippen molar-refractivity contribution in [2.75, 3.05) is 6.61 Å². The second-order valence-corrected chi connectivity index (χ2v) is 3.43. The fraction of sp³-hybridized carbons (Fsp3) is 0.500. The molecule has 0 saturated heterocycles. The highest BCUT2D eigenvalue weighted by Crippen LogP contribution is 2.19. The molecule has 0 amide bonds. The summed E-state index contributed by atoms with van der Waals surface area (Å²) in [6.45, 7) is 4.66. The zero-order valence-corrected chi connectivity index (χ0v) is 7.07. The fourth-order valence-electron chi connectivity index (χ4n) is 1.04. The number of aromatic nitrogens is 1. The lowest BCUT2D eigenvalue weighted by Gasteiger charge is -2.07. The molecule has 4 heteroatoms. The van der Waals surface area contributed by atoms with Gasteiger partial charge < -0.3 is 9.26 Å². The second kappa shape index (κ2) is 2.33. The van der Waals surface area contributed by atoms with Gasteiger partial charge in [-0.15, -0.1) is 0 Å². The van der Waals surface area contributed by atoms with Gasteiger partial charge in [-0.2, -0.15) is 0 Å². The summed E-state index contributed by atoms with van der Waals surface area (Å²) in [5.74, 6) is 0.626. The molecule has 0 unspecified atom stereocenters. The van der Waals surface area contributed by atoms with E-state index in [1.54, 1.807) is 6.20 Å². The number of aliphatic imine (C=N–C) groups is 1. The average Bonchev–Trinajstić information content (AvgIpc) is 2.55. The first-order chi connectivity index (χ1) is 5.67. The van der Waals surface area contributed by atoms with Crippen molar-refractivity contribution in [1.82, 2.24) is 5.16 Å². The van der Waals surface area contributed by atoms with Gasteiger partial charge in [0.2, 0.25) is 5.90 Å². The summed E-state index contributed by atoms with van der Waals surface area (Å²) in [5.41, 5.74) is 0.688. The van der Waals surface area contributed by atoms with Crippen LogP contribution in [0.4, 0.5) is 0 Å². The van der Waals surface area contributed by atoms with Gasteiger partial charge in [-0.1, -0.05) is 5.16 Å². The molecule has 0 atom stereocenters. The van der Waals surface area contributed by atoms with E-state index in [1.807, 2.05) is 13.8 Å². The molecule has 0 N–H and O–H groups in total. The van der Waals surface area contributed by atoms with Crippen LogP contribution in [0.1, 0.15) is 19.4 Å². The molecular weight excluding hydrogens is 156 g/mol. The number of rotatable bonds is 1. The third-order valence-electron chi connectivity index (χ3n) is 1.65. The molecule has 0 aromatic carbocycles.